The minimum Gasteiger partial charge on any atom is -0.303 e. The average Bonchev–Trinajstić information content (AvgIpc) is 2.76. The Bertz CT molecular complexity index is 861. The van der Waals surface area contributed by atoms with Crippen LogP contribution < -0.4 is 4.90 Å². The second-order valence-corrected chi connectivity index (χ2v) is 5.56. The van der Waals surface area contributed by atoms with Crippen molar-refractivity contribution in [3.63, 3.8) is 0 Å². The number of aryl methyl sites for hydroxylation is 1. The van der Waals surface area contributed by atoms with Gasteiger partial charge in [0, 0.05) is 10.9 Å². The van der Waals surface area contributed by atoms with Gasteiger partial charge in [-0.25, -0.2) is 0 Å². The number of anilines is 1. The van der Waals surface area contributed by atoms with Gasteiger partial charge in [0.2, 0.25) is 0 Å². The zero-order chi connectivity index (χ0) is 14.4. The van der Waals surface area contributed by atoms with E-state index in [1.807, 2.05) is 35.2 Å². The smallest absolute Gasteiger partial charge is 0.259 e. The van der Waals surface area contributed by atoms with Gasteiger partial charge in [-0.2, -0.15) is 0 Å². The van der Waals surface area contributed by atoms with Gasteiger partial charge < -0.3 is 4.90 Å². The first kappa shape index (κ1) is 12.2. The molecule has 21 heavy (non-hydrogen) atoms. The normalized spacial score (nSPS) is 13.2. The summed E-state index contributed by atoms with van der Waals surface area (Å²) in [6, 6.07) is 20.4. The fourth-order valence-corrected chi connectivity index (χ4v) is 3.13. The third kappa shape index (κ3) is 1.83. The Morgan fingerprint density at radius 2 is 1.71 bits per heavy atom. The minimum absolute atomic E-state index is 0.100. The molecule has 1 amide bonds. The highest BCUT2D eigenvalue weighted by atomic mass is 16.2. The number of benzene rings is 3. The molecular formula is C19H15NO. The van der Waals surface area contributed by atoms with Crippen molar-refractivity contribution in [2.45, 2.75) is 13.5 Å². The topological polar surface area (TPSA) is 20.3 Å². The Morgan fingerprint density at radius 3 is 2.52 bits per heavy atom. The summed E-state index contributed by atoms with van der Waals surface area (Å²) in [4.78, 5) is 14.6. The Kier molecular flexibility index (Phi) is 2.58. The van der Waals surface area contributed by atoms with Gasteiger partial charge in [0.1, 0.15) is 0 Å². The third-order valence-corrected chi connectivity index (χ3v) is 4.07. The van der Waals surface area contributed by atoms with Crippen LogP contribution in [0, 0.1) is 6.92 Å². The van der Waals surface area contributed by atoms with Gasteiger partial charge in [-0.1, -0.05) is 54.1 Å². The molecule has 1 aliphatic rings. The van der Waals surface area contributed by atoms with Gasteiger partial charge in [-0.15, -0.1) is 0 Å². The van der Waals surface area contributed by atoms with Crippen LogP contribution in [0.15, 0.2) is 60.7 Å². The summed E-state index contributed by atoms with van der Waals surface area (Å²) < 4.78 is 0. The summed E-state index contributed by atoms with van der Waals surface area (Å²) in [7, 11) is 0. The number of carbonyl (C=O) groups excluding carboxylic acids is 1. The Morgan fingerprint density at radius 1 is 0.952 bits per heavy atom. The van der Waals surface area contributed by atoms with E-state index in [1.54, 1.807) is 0 Å². The summed E-state index contributed by atoms with van der Waals surface area (Å²) in [5, 5.41) is 2.21. The number of rotatable bonds is 2. The zero-order valence-electron chi connectivity index (χ0n) is 11.8. The molecule has 0 unspecified atom stereocenters. The van der Waals surface area contributed by atoms with Crippen LogP contribution in [0.1, 0.15) is 21.5 Å². The predicted molar refractivity (Wildman–Crippen MR) is 85.6 cm³/mol. The van der Waals surface area contributed by atoms with Crippen LogP contribution in [-0.2, 0) is 6.54 Å². The highest BCUT2D eigenvalue weighted by molar-refractivity contribution is 6.24. The van der Waals surface area contributed by atoms with Crippen LogP contribution in [0.4, 0.5) is 5.69 Å². The molecule has 1 heterocycles. The fraction of sp³-hybridized carbons (Fsp3) is 0.105. The average molecular weight is 273 g/mol. The third-order valence-electron chi connectivity index (χ3n) is 4.07. The Hall–Kier alpha value is -2.61. The van der Waals surface area contributed by atoms with Crippen LogP contribution >= 0.6 is 0 Å². The first-order chi connectivity index (χ1) is 10.2. The van der Waals surface area contributed by atoms with E-state index >= 15 is 0 Å². The summed E-state index contributed by atoms with van der Waals surface area (Å²) in [5.74, 6) is 0.100. The molecule has 2 nitrogen and oxygen atoms in total. The molecule has 0 radical (unpaired) electrons. The van der Waals surface area contributed by atoms with Crippen LogP contribution in [0.3, 0.4) is 0 Å². The molecule has 0 saturated carbocycles. The summed E-state index contributed by atoms with van der Waals surface area (Å²) in [5.41, 5.74) is 4.22. The van der Waals surface area contributed by atoms with Crippen molar-refractivity contribution >= 4 is 22.4 Å². The lowest BCUT2D eigenvalue weighted by Crippen LogP contribution is -2.26. The highest BCUT2D eigenvalue weighted by Gasteiger charge is 2.29. The van der Waals surface area contributed by atoms with Gasteiger partial charge in [-0.3, -0.25) is 4.79 Å². The Labute approximate surface area is 123 Å². The van der Waals surface area contributed by atoms with E-state index in [9.17, 15) is 4.79 Å². The van der Waals surface area contributed by atoms with Crippen molar-refractivity contribution in [3.05, 3.63) is 77.4 Å². The van der Waals surface area contributed by atoms with Crippen LogP contribution in [0.2, 0.25) is 0 Å². The molecule has 4 rings (SSSR count). The van der Waals surface area contributed by atoms with Crippen molar-refractivity contribution in [3.8, 4) is 0 Å². The van der Waals surface area contributed by atoms with Crippen molar-refractivity contribution in [1.29, 1.82) is 0 Å². The van der Waals surface area contributed by atoms with E-state index in [1.165, 1.54) is 5.56 Å². The molecule has 0 aliphatic carbocycles. The second kappa shape index (κ2) is 4.45. The standard InChI is InChI=1S/C19H15NO/c1-13-5-2-6-14(11-13)12-20-17-10-4-8-15-7-3-9-16(18(15)17)19(20)21/h2-11H,12H2,1H3. The van der Waals surface area contributed by atoms with E-state index in [4.69, 9.17) is 0 Å². The van der Waals surface area contributed by atoms with Crippen LogP contribution in [0.25, 0.3) is 10.8 Å². The van der Waals surface area contributed by atoms with Gasteiger partial charge in [0.15, 0.2) is 0 Å². The molecule has 102 valence electrons. The number of nitrogens with zero attached hydrogens (tertiary/aromatic N) is 1. The first-order valence-electron chi connectivity index (χ1n) is 7.13. The zero-order valence-corrected chi connectivity index (χ0v) is 11.8. The van der Waals surface area contributed by atoms with Crippen molar-refractivity contribution in [1.82, 2.24) is 0 Å². The van der Waals surface area contributed by atoms with Crippen molar-refractivity contribution < 1.29 is 4.79 Å². The van der Waals surface area contributed by atoms with E-state index in [-0.39, 0.29) is 5.91 Å². The van der Waals surface area contributed by atoms with E-state index in [0.29, 0.717) is 6.54 Å². The maximum Gasteiger partial charge on any atom is 0.259 e. The minimum atomic E-state index is 0.100. The maximum atomic E-state index is 12.7. The predicted octanol–water partition coefficient (Wildman–Crippen LogP) is 4.31. The number of amides is 1. The molecule has 1 aliphatic heterocycles. The fourth-order valence-electron chi connectivity index (χ4n) is 3.13. The molecule has 0 atom stereocenters. The molecule has 2 heteroatoms. The quantitative estimate of drug-likeness (QED) is 0.681. The van der Waals surface area contributed by atoms with E-state index in [0.717, 1.165) is 27.6 Å². The molecule has 0 saturated heterocycles. The van der Waals surface area contributed by atoms with Gasteiger partial charge >= 0.3 is 0 Å². The molecule has 3 aromatic carbocycles. The molecule has 3 aromatic rings. The number of hydrogen-bond donors (Lipinski definition) is 0. The van der Waals surface area contributed by atoms with Crippen molar-refractivity contribution in [2.75, 3.05) is 4.90 Å². The first-order valence-corrected chi connectivity index (χ1v) is 7.13. The molecular weight excluding hydrogens is 258 g/mol. The van der Waals surface area contributed by atoms with Crippen LogP contribution in [-0.4, -0.2) is 5.91 Å². The molecule has 0 bridgehead atoms. The second-order valence-electron chi connectivity index (χ2n) is 5.56. The van der Waals surface area contributed by atoms with Gasteiger partial charge in [0.05, 0.1) is 12.2 Å². The Balaban J connectivity index is 1.82. The molecule has 0 aromatic heterocycles. The largest absolute Gasteiger partial charge is 0.303 e. The van der Waals surface area contributed by atoms with Crippen LogP contribution in [0.5, 0.6) is 0 Å². The molecule has 0 fully saturated rings. The van der Waals surface area contributed by atoms with Gasteiger partial charge in [-0.05, 0) is 30.0 Å². The maximum absolute atomic E-state index is 12.7. The summed E-state index contributed by atoms with van der Waals surface area (Å²) in [6.45, 7) is 2.69. The van der Waals surface area contributed by atoms with E-state index < -0.39 is 0 Å². The SMILES string of the molecule is Cc1cccc(CN2C(=O)c3cccc4cccc2c34)c1. The number of hydrogen-bond acceptors (Lipinski definition) is 1. The highest BCUT2D eigenvalue weighted by Crippen LogP contribution is 2.37. The van der Waals surface area contributed by atoms with Gasteiger partial charge in [0.25, 0.3) is 5.91 Å². The molecule has 0 spiro atoms. The monoisotopic (exact) mass is 273 g/mol. The molecule has 0 N–H and O–H groups in total. The lowest BCUT2D eigenvalue weighted by atomic mass is 10.1. The van der Waals surface area contributed by atoms with E-state index in [2.05, 4.69) is 37.3 Å². The summed E-state index contributed by atoms with van der Waals surface area (Å²) >= 11 is 0. The lowest BCUT2D eigenvalue weighted by molar-refractivity contribution is 0.0991. The van der Waals surface area contributed by atoms with Crippen molar-refractivity contribution in [2.24, 2.45) is 0 Å². The lowest BCUT2D eigenvalue weighted by Gasteiger charge is -2.18. The number of carbonyl (C=O) groups is 1. The summed E-state index contributed by atoms with van der Waals surface area (Å²) in [6.07, 6.45) is 0.